The molecule has 4 rings (SSSR count). The fourth-order valence-corrected chi connectivity index (χ4v) is 4.57. The molecule has 1 heterocycles. The number of hydrogen-bond donors (Lipinski definition) is 2. The molecule has 1 unspecified atom stereocenters. The minimum atomic E-state index is 0. The SMILES string of the molecule is CN=C(NCc1cccc(OCc2ccccc2)c1)NC1CCN(C(=O)C2CCCC2)C1.I. The van der Waals surface area contributed by atoms with Crippen LogP contribution in [-0.2, 0) is 17.9 Å². The highest BCUT2D eigenvalue weighted by Crippen LogP contribution is 2.27. The van der Waals surface area contributed by atoms with Crippen LogP contribution in [0.5, 0.6) is 5.75 Å². The highest BCUT2D eigenvalue weighted by atomic mass is 127. The summed E-state index contributed by atoms with van der Waals surface area (Å²) in [5.74, 6) is 2.22. The molecule has 1 saturated carbocycles. The van der Waals surface area contributed by atoms with Gasteiger partial charge in [0.25, 0.3) is 0 Å². The van der Waals surface area contributed by atoms with E-state index in [1.54, 1.807) is 7.05 Å². The second kappa shape index (κ2) is 12.8. The quantitative estimate of drug-likeness (QED) is 0.300. The van der Waals surface area contributed by atoms with Crippen molar-refractivity contribution in [1.82, 2.24) is 15.5 Å². The Balaban J connectivity index is 0.00000306. The van der Waals surface area contributed by atoms with Crippen LogP contribution in [0.3, 0.4) is 0 Å². The topological polar surface area (TPSA) is 66.0 Å². The van der Waals surface area contributed by atoms with Crippen molar-refractivity contribution in [3.05, 3.63) is 65.7 Å². The molecule has 0 aromatic heterocycles. The number of likely N-dealkylation sites (tertiary alicyclic amines) is 1. The fraction of sp³-hybridized carbons (Fsp3) is 0.462. The predicted molar refractivity (Wildman–Crippen MR) is 143 cm³/mol. The number of ether oxygens (including phenoxy) is 1. The third-order valence-electron chi connectivity index (χ3n) is 6.38. The van der Waals surface area contributed by atoms with Gasteiger partial charge in [-0.05, 0) is 42.5 Å². The molecule has 2 N–H and O–H groups in total. The molecule has 178 valence electrons. The van der Waals surface area contributed by atoms with Gasteiger partial charge in [-0.15, -0.1) is 24.0 Å². The Morgan fingerprint density at radius 2 is 1.82 bits per heavy atom. The number of benzene rings is 2. The summed E-state index contributed by atoms with van der Waals surface area (Å²) in [5.41, 5.74) is 2.28. The summed E-state index contributed by atoms with van der Waals surface area (Å²) in [6.07, 6.45) is 5.47. The van der Waals surface area contributed by atoms with E-state index >= 15 is 0 Å². The first-order chi connectivity index (χ1) is 15.7. The van der Waals surface area contributed by atoms with Gasteiger partial charge in [-0.25, -0.2) is 0 Å². The zero-order valence-corrected chi connectivity index (χ0v) is 21.7. The number of hydrogen-bond acceptors (Lipinski definition) is 3. The number of aliphatic imine (C=N–C) groups is 1. The van der Waals surface area contributed by atoms with Crippen molar-refractivity contribution < 1.29 is 9.53 Å². The highest BCUT2D eigenvalue weighted by molar-refractivity contribution is 14.0. The van der Waals surface area contributed by atoms with E-state index in [2.05, 4.69) is 39.9 Å². The summed E-state index contributed by atoms with van der Waals surface area (Å²) >= 11 is 0. The van der Waals surface area contributed by atoms with Crippen LogP contribution in [0.1, 0.15) is 43.2 Å². The van der Waals surface area contributed by atoms with Gasteiger partial charge < -0.3 is 20.3 Å². The summed E-state index contributed by atoms with van der Waals surface area (Å²) in [6.45, 7) is 2.81. The Hall–Kier alpha value is -2.29. The molecule has 0 bridgehead atoms. The lowest BCUT2D eigenvalue weighted by Gasteiger charge is -2.21. The van der Waals surface area contributed by atoms with E-state index in [-0.39, 0.29) is 35.9 Å². The zero-order valence-electron chi connectivity index (χ0n) is 19.3. The molecule has 1 amide bonds. The lowest BCUT2D eigenvalue weighted by molar-refractivity contribution is -0.134. The maximum Gasteiger partial charge on any atom is 0.225 e. The molecular weight excluding hydrogens is 527 g/mol. The van der Waals surface area contributed by atoms with Crippen molar-refractivity contribution in [1.29, 1.82) is 0 Å². The first kappa shape index (κ1) is 25.3. The Kier molecular flexibility index (Phi) is 9.84. The molecule has 2 aromatic carbocycles. The summed E-state index contributed by atoms with van der Waals surface area (Å²) < 4.78 is 5.94. The molecule has 1 aliphatic heterocycles. The second-order valence-electron chi connectivity index (χ2n) is 8.74. The number of guanidine groups is 1. The molecule has 6 nitrogen and oxygen atoms in total. The van der Waals surface area contributed by atoms with Crippen LogP contribution in [0, 0.1) is 5.92 Å². The maximum absolute atomic E-state index is 12.7. The van der Waals surface area contributed by atoms with Gasteiger partial charge in [0.1, 0.15) is 12.4 Å². The molecule has 1 saturated heterocycles. The molecule has 0 spiro atoms. The maximum atomic E-state index is 12.7. The molecule has 1 aliphatic carbocycles. The lowest BCUT2D eigenvalue weighted by Crippen LogP contribution is -2.45. The van der Waals surface area contributed by atoms with Crippen LogP contribution in [0.25, 0.3) is 0 Å². The monoisotopic (exact) mass is 562 g/mol. The molecule has 0 radical (unpaired) electrons. The largest absolute Gasteiger partial charge is 0.489 e. The highest BCUT2D eigenvalue weighted by Gasteiger charge is 2.32. The van der Waals surface area contributed by atoms with E-state index in [0.29, 0.717) is 19.1 Å². The number of nitrogens with zero attached hydrogens (tertiary/aromatic N) is 2. The van der Waals surface area contributed by atoms with Crippen molar-refractivity contribution in [2.75, 3.05) is 20.1 Å². The number of carbonyl (C=O) groups is 1. The Morgan fingerprint density at radius 3 is 2.58 bits per heavy atom. The zero-order chi connectivity index (χ0) is 22.2. The van der Waals surface area contributed by atoms with Crippen LogP contribution in [-0.4, -0.2) is 42.9 Å². The second-order valence-corrected chi connectivity index (χ2v) is 8.74. The van der Waals surface area contributed by atoms with E-state index < -0.39 is 0 Å². The van der Waals surface area contributed by atoms with Crippen molar-refractivity contribution in [2.45, 2.75) is 51.3 Å². The Bertz CT molecular complexity index is 916. The van der Waals surface area contributed by atoms with Gasteiger partial charge >= 0.3 is 0 Å². The number of rotatable bonds is 7. The minimum Gasteiger partial charge on any atom is -0.489 e. The average molecular weight is 562 g/mol. The fourth-order valence-electron chi connectivity index (χ4n) is 4.57. The van der Waals surface area contributed by atoms with Gasteiger partial charge in [-0.1, -0.05) is 55.3 Å². The van der Waals surface area contributed by atoms with Gasteiger partial charge in [0.2, 0.25) is 5.91 Å². The summed E-state index contributed by atoms with van der Waals surface area (Å²) in [6, 6.07) is 18.5. The van der Waals surface area contributed by atoms with Crippen LogP contribution in [0.4, 0.5) is 0 Å². The number of nitrogens with one attached hydrogen (secondary N) is 2. The predicted octanol–water partition coefficient (Wildman–Crippen LogP) is 4.34. The third-order valence-corrected chi connectivity index (χ3v) is 6.38. The van der Waals surface area contributed by atoms with E-state index in [9.17, 15) is 4.79 Å². The summed E-state index contributed by atoms with van der Waals surface area (Å²) in [7, 11) is 1.78. The molecule has 2 fully saturated rings. The molecular formula is C26H35IN4O2. The minimum absolute atomic E-state index is 0. The van der Waals surface area contributed by atoms with Crippen molar-refractivity contribution in [3.63, 3.8) is 0 Å². The van der Waals surface area contributed by atoms with Crippen molar-refractivity contribution in [3.8, 4) is 5.75 Å². The first-order valence-electron chi connectivity index (χ1n) is 11.7. The van der Waals surface area contributed by atoms with Gasteiger partial charge in [0.05, 0.1) is 0 Å². The molecule has 7 heteroatoms. The first-order valence-corrected chi connectivity index (χ1v) is 11.7. The molecule has 2 aromatic rings. The van der Waals surface area contributed by atoms with E-state index in [1.807, 2.05) is 35.2 Å². The molecule has 33 heavy (non-hydrogen) atoms. The van der Waals surface area contributed by atoms with Gasteiger partial charge in [-0.2, -0.15) is 0 Å². The number of carbonyl (C=O) groups excluding carboxylic acids is 1. The van der Waals surface area contributed by atoms with Gasteiger partial charge in [0.15, 0.2) is 5.96 Å². The van der Waals surface area contributed by atoms with Gasteiger partial charge in [0, 0.05) is 38.6 Å². The summed E-state index contributed by atoms with van der Waals surface area (Å²) in [5, 5.41) is 6.88. The summed E-state index contributed by atoms with van der Waals surface area (Å²) in [4.78, 5) is 19.1. The Morgan fingerprint density at radius 1 is 1.06 bits per heavy atom. The van der Waals surface area contributed by atoms with E-state index in [4.69, 9.17) is 4.74 Å². The average Bonchev–Trinajstić information content (AvgIpc) is 3.53. The normalized spacial score (nSPS) is 18.6. The van der Waals surface area contributed by atoms with Crippen molar-refractivity contribution >= 4 is 35.8 Å². The van der Waals surface area contributed by atoms with E-state index in [0.717, 1.165) is 55.2 Å². The third kappa shape index (κ3) is 7.35. The number of halogens is 1. The molecule has 1 atom stereocenters. The van der Waals surface area contributed by atoms with Gasteiger partial charge in [-0.3, -0.25) is 9.79 Å². The standard InChI is InChI=1S/C26H34N4O2.HI/c1-27-26(29-23-14-15-30(18-23)25(31)22-11-5-6-12-22)28-17-21-10-7-13-24(16-21)32-19-20-8-3-2-4-9-20;/h2-4,7-10,13,16,22-23H,5-6,11-12,14-15,17-19H2,1H3,(H2,27,28,29);1H. The van der Waals surface area contributed by atoms with E-state index in [1.165, 1.54) is 12.8 Å². The van der Waals surface area contributed by atoms with Crippen molar-refractivity contribution in [2.24, 2.45) is 10.9 Å². The van der Waals surface area contributed by atoms with Crippen LogP contribution in [0.2, 0.25) is 0 Å². The van der Waals surface area contributed by atoms with Crippen LogP contribution >= 0.6 is 24.0 Å². The van der Waals surface area contributed by atoms with Crippen LogP contribution in [0.15, 0.2) is 59.6 Å². The Labute approximate surface area is 214 Å². The smallest absolute Gasteiger partial charge is 0.225 e. The molecule has 2 aliphatic rings. The number of amides is 1. The lowest BCUT2D eigenvalue weighted by atomic mass is 10.1. The van der Waals surface area contributed by atoms with Crippen LogP contribution < -0.4 is 15.4 Å².